The molecule has 6 heteroatoms. The van der Waals surface area contributed by atoms with Gasteiger partial charge in [0.15, 0.2) is 11.5 Å². The van der Waals surface area contributed by atoms with Crippen LogP contribution in [0.4, 0.5) is 0 Å². The van der Waals surface area contributed by atoms with Crippen molar-refractivity contribution in [3.8, 4) is 0 Å². The van der Waals surface area contributed by atoms with E-state index in [9.17, 15) is 4.79 Å². The molecule has 21 heavy (non-hydrogen) atoms. The lowest BCUT2D eigenvalue weighted by molar-refractivity contribution is -0.126. The van der Waals surface area contributed by atoms with E-state index in [4.69, 9.17) is 5.73 Å². The fraction of sp³-hybridized carbons (Fsp3) is 0.533. The number of rotatable bonds is 3. The number of pyridine rings is 1. The second-order valence-electron chi connectivity index (χ2n) is 5.67. The van der Waals surface area contributed by atoms with E-state index in [0.29, 0.717) is 6.54 Å². The van der Waals surface area contributed by atoms with Crippen LogP contribution in [0.1, 0.15) is 37.9 Å². The molecular formula is C15H21N5O. The van der Waals surface area contributed by atoms with E-state index in [1.165, 1.54) is 6.42 Å². The van der Waals surface area contributed by atoms with Crippen LogP contribution in [0.15, 0.2) is 24.4 Å². The fourth-order valence-corrected chi connectivity index (χ4v) is 2.97. The van der Waals surface area contributed by atoms with E-state index in [1.54, 1.807) is 0 Å². The first-order chi connectivity index (χ1) is 10.3. The first-order valence-corrected chi connectivity index (χ1v) is 7.57. The highest BCUT2D eigenvalue weighted by atomic mass is 16.1. The molecule has 0 saturated heterocycles. The summed E-state index contributed by atoms with van der Waals surface area (Å²) in [6.45, 7) is 0.382. The van der Waals surface area contributed by atoms with Crippen molar-refractivity contribution in [3.63, 3.8) is 0 Å². The number of amides is 1. The van der Waals surface area contributed by atoms with Crippen LogP contribution in [0.5, 0.6) is 0 Å². The largest absolute Gasteiger partial charge is 0.348 e. The highest BCUT2D eigenvalue weighted by Gasteiger charge is 2.26. The van der Waals surface area contributed by atoms with Crippen molar-refractivity contribution in [2.75, 3.05) is 0 Å². The summed E-state index contributed by atoms with van der Waals surface area (Å²) >= 11 is 0. The SMILES string of the molecule is NC1CCCCCC1C(=O)NCc1nnc2ccccn12. The molecule has 1 fully saturated rings. The van der Waals surface area contributed by atoms with Crippen molar-refractivity contribution in [2.24, 2.45) is 11.7 Å². The molecule has 0 aromatic carbocycles. The summed E-state index contributed by atoms with van der Waals surface area (Å²) in [6.07, 6.45) is 7.10. The van der Waals surface area contributed by atoms with Gasteiger partial charge in [-0.2, -0.15) is 0 Å². The van der Waals surface area contributed by atoms with Crippen LogP contribution in [-0.4, -0.2) is 26.5 Å². The quantitative estimate of drug-likeness (QED) is 0.832. The number of hydrogen-bond acceptors (Lipinski definition) is 4. The molecule has 2 aromatic rings. The van der Waals surface area contributed by atoms with E-state index < -0.39 is 0 Å². The highest BCUT2D eigenvalue weighted by Crippen LogP contribution is 2.22. The fourth-order valence-electron chi connectivity index (χ4n) is 2.97. The van der Waals surface area contributed by atoms with Gasteiger partial charge in [0.05, 0.1) is 12.5 Å². The van der Waals surface area contributed by atoms with Crippen molar-refractivity contribution in [1.82, 2.24) is 19.9 Å². The first-order valence-electron chi connectivity index (χ1n) is 7.57. The summed E-state index contributed by atoms with van der Waals surface area (Å²) in [7, 11) is 0. The molecular weight excluding hydrogens is 266 g/mol. The molecule has 1 amide bonds. The minimum absolute atomic E-state index is 0.0253. The van der Waals surface area contributed by atoms with Crippen molar-refractivity contribution in [3.05, 3.63) is 30.2 Å². The zero-order chi connectivity index (χ0) is 14.7. The molecule has 2 unspecified atom stereocenters. The zero-order valence-electron chi connectivity index (χ0n) is 12.0. The molecule has 1 aliphatic carbocycles. The molecule has 2 heterocycles. The third kappa shape index (κ3) is 3.05. The number of carbonyl (C=O) groups excluding carboxylic acids is 1. The van der Waals surface area contributed by atoms with Gasteiger partial charge in [0.25, 0.3) is 0 Å². The first kappa shape index (κ1) is 14.0. The monoisotopic (exact) mass is 287 g/mol. The number of hydrogen-bond donors (Lipinski definition) is 2. The standard InChI is InChI=1S/C15H21N5O/c16-12-7-3-1-2-6-11(12)15(21)17-10-14-19-18-13-8-4-5-9-20(13)14/h4-5,8-9,11-12H,1-3,6-7,10,16H2,(H,17,21). The van der Waals surface area contributed by atoms with E-state index in [2.05, 4.69) is 15.5 Å². The minimum atomic E-state index is -0.0771. The molecule has 0 aliphatic heterocycles. The molecule has 112 valence electrons. The number of nitrogens with zero attached hydrogens (tertiary/aromatic N) is 3. The topological polar surface area (TPSA) is 85.3 Å². The maximum absolute atomic E-state index is 12.3. The highest BCUT2D eigenvalue weighted by molar-refractivity contribution is 5.79. The Hall–Kier alpha value is -1.95. The second-order valence-corrected chi connectivity index (χ2v) is 5.67. The molecule has 2 aromatic heterocycles. The molecule has 6 nitrogen and oxygen atoms in total. The van der Waals surface area contributed by atoms with Crippen molar-refractivity contribution in [2.45, 2.75) is 44.7 Å². The van der Waals surface area contributed by atoms with Crippen LogP contribution >= 0.6 is 0 Å². The Kier molecular flexibility index (Phi) is 4.15. The van der Waals surface area contributed by atoms with Gasteiger partial charge in [0, 0.05) is 12.2 Å². The van der Waals surface area contributed by atoms with Crippen LogP contribution < -0.4 is 11.1 Å². The number of nitrogens with two attached hydrogens (primary N) is 1. The summed E-state index contributed by atoms with van der Waals surface area (Å²) in [6, 6.07) is 5.70. The van der Waals surface area contributed by atoms with Gasteiger partial charge in [-0.15, -0.1) is 10.2 Å². The van der Waals surface area contributed by atoms with Gasteiger partial charge in [0.1, 0.15) is 0 Å². The van der Waals surface area contributed by atoms with Crippen molar-refractivity contribution in [1.29, 1.82) is 0 Å². The van der Waals surface area contributed by atoms with Gasteiger partial charge in [-0.05, 0) is 25.0 Å². The predicted molar refractivity (Wildman–Crippen MR) is 79.4 cm³/mol. The maximum Gasteiger partial charge on any atom is 0.225 e. The lowest BCUT2D eigenvalue weighted by Gasteiger charge is -2.20. The van der Waals surface area contributed by atoms with Crippen LogP contribution in [-0.2, 0) is 11.3 Å². The van der Waals surface area contributed by atoms with Gasteiger partial charge < -0.3 is 11.1 Å². The van der Waals surface area contributed by atoms with E-state index >= 15 is 0 Å². The number of nitrogens with one attached hydrogen (secondary N) is 1. The summed E-state index contributed by atoms with van der Waals surface area (Å²) in [5, 5.41) is 11.2. The Balaban J connectivity index is 1.65. The molecule has 0 spiro atoms. The zero-order valence-corrected chi connectivity index (χ0v) is 12.0. The van der Waals surface area contributed by atoms with E-state index in [1.807, 2.05) is 28.8 Å². The number of aromatic nitrogens is 3. The summed E-state index contributed by atoms with van der Waals surface area (Å²) < 4.78 is 1.88. The Labute approximate surface area is 123 Å². The maximum atomic E-state index is 12.3. The molecule has 3 rings (SSSR count). The van der Waals surface area contributed by atoms with Gasteiger partial charge in [-0.1, -0.05) is 25.3 Å². The van der Waals surface area contributed by atoms with Gasteiger partial charge >= 0.3 is 0 Å². The molecule has 0 radical (unpaired) electrons. The summed E-state index contributed by atoms with van der Waals surface area (Å²) in [5.41, 5.74) is 6.91. The average Bonchev–Trinajstić information content (AvgIpc) is 2.79. The van der Waals surface area contributed by atoms with Crippen LogP contribution in [0.3, 0.4) is 0 Å². The third-order valence-electron chi connectivity index (χ3n) is 4.21. The Morgan fingerprint density at radius 2 is 2.14 bits per heavy atom. The predicted octanol–water partition coefficient (Wildman–Crippen LogP) is 1.25. The van der Waals surface area contributed by atoms with Gasteiger partial charge in [0.2, 0.25) is 5.91 Å². The Bertz CT molecular complexity index is 623. The van der Waals surface area contributed by atoms with Crippen LogP contribution in [0.2, 0.25) is 0 Å². The van der Waals surface area contributed by atoms with Crippen molar-refractivity contribution < 1.29 is 4.79 Å². The third-order valence-corrected chi connectivity index (χ3v) is 4.21. The minimum Gasteiger partial charge on any atom is -0.348 e. The molecule has 3 N–H and O–H groups in total. The van der Waals surface area contributed by atoms with E-state index in [0.717, 1.165) is 37.2 Å². The Morgan fingerprint density at radius 1 is 1.29 bits per heavy atom. The van der Waals surface area contributed by atoms with Crippen molar-refractivity contribution >= 4 is 11.6 Å². The smallest absolute Gasteiger partial charge is 0.225 e. The summed E-state index contributed by atoms with van der Waals surface area (Å²) in [5.74, 6) is 0.699. The average molecular weight is 287 g/mol. The van der Waals surface area contributed by atoms with Gasteiger partial charge in [-0.25, -0.2) is 0 Å². The van der Waals surface area contributed by atoms with Crippen LogP contribution in [0, 0.1) is 5.92 Å². The van der Waals surface area contributed by atoms with Crippen LogP contribution in [0.25, 0.3) is 5.65 Å². The lowest BCUT2D eigenvalue weighted by Crippen LogP contribution is -2.41. The number of carbonyl (C=O) groups is 1. The van der Waals surface area contributed by atoms with Gasteiger partial charge in [-0.3, -0.25) is 9.20 Å². The van der Waals surface area contributed by atoms with E-state index in [-0.39, 0.29) is 17.9 Å². The normalized spacial score (nSPS) is 22.9. The molecule has 1 aliphatic rings. The summed E-state index contributed by atoms with van der Waals surface area (Å²) in [4.78, 5) is 12.3. The second kappa shape index (κ2) is 6.22. The Morgan fingerprint density at radius 3 is 3.05 bits per heavy atom. The molecule has 2 atom stereocenters. The lowest BCUT2D eigenvalue weighted by atomic mass is 9.94. The molecule has 0 bridgehead atoms. The number of fused-ring (bicyclic) bond motifs is 1. The molecule has 1 saturated carbocycles.